The fraction of sp³-hybridized carbons (Fsp3) is 0.308. The number of hydrogen-bond acceptors (Lipinski definition) is 3. The molecule has 0 radical (unpaired) electrons. The second kappa shape index (κ2) is 6.51. The molecule has 0 unspecified atom stereocenters. The van der Waals surface area contributed by atoms with Gasteiger partial charge in [0.05, 0.1) is 4.90 Å². The number of hydrogen-bond donors (Lipinski definition) is 1. The molecular weight excluding hydrogens is 342 g/mol. The average Bonchev–Trinajstić information content (AvgIpc) is 2.87. The van der Waals surface area contributed by atoms with Crippen LogP contribution < -0.4 is 4.72 Å². The van der Waals surface area contributed by atoms with E-state index in [1.807, 2.05) is 19.2 Å². The standard InChI is InChI=1S/C13H16BrN3O2S/c1-11-4-5-13(12(14)10-11)20(18,19)16-7-3-9-17-8-2-6-15-17/h2,4-6,8,10,16H,3,7,9H2,1H3. The first-order chi connectivity index (χ1) is 9.49. The van der Waals surface area contributed by atoms with Gasteiger partial charge in [-0.1, -0.05) is 6.07 Å². The molecule has 0 aliphatic carbocycles. The van der Waals surface area contributed by atoms with Gasteiger partial charge in [0.25, 0.3) is 0 Å². The Kier molecular flexibility index (Phi) is 4.95. The first-order valence-corrected chi connectivity index (χ1v) is 8.50. The molecule has 0 saturated heterocycles. The second-order valence-electron chi connectivity index (χ2n) is 4.45. The summed E-state index contributed by atoms with van der Waals surface area (Å²) in [6.45, 7) is 2.98. The summed E-state index contributed by atoms with van der Waals surface area (Å²) >= 11 is 3.29. The van der Waals surface area contributed by atoms with Gasteiger partial charge in [-0.2, -0.15) is 5.10 Å². The Labute approximate surface area is 127 Å². The van der Waals surface area contributed by atoms with Crippen molar-refractivity contribution in [3.05, 3.63) is 46.7 Å². The maximum Gasteiger partial charge on any atom is 0.241 e. The van der Waals surface area contributed by atoms with E-state index < -0.39 is 10.0 Å². The van der Waals surface area contributed by atoms with E-state index in [2.05, 4.69) is 25.8 Å². The monoisotopic (exact) mass is 357 g/mol. The van der Waals surface area contributed by atoms with Crippen LogP contribution in [0.15, 0.2) is 46.0 Å². The molecule has 1 aromatic heterocycles. The first kappa shape index (κ1) is 15.2. The first-order valence-electron chi connectivity index (χ1n) is 6.22. The van der Waals surface area contributed by atoms with Gasteiger partial charge in [-0.05, 0) is 53.0 Å². The van der Waals surface area contributed by atoms with E-state index in [1.165, 1.54) is 0 Å². The molecule has 1 heterocycles. The van der Waals surface area contributed by atoms with Crippen LogP contribution in [-0.4, -0.2) is 24.7 Å². The number of aryl methyl sites for hydroxylation is 2. The van der Waals surface area contributed by atoms with E-state index >= 15 is 0 Å². The summed E-state index contributed by atoms with van der Waals surface area (Å²) < 4.78 is 29.3. The van der Waals surface area contributed by atoms with Gasteiger partial charge in [0.2, 0.25) is 10.0 Å². The smallest absolute Gasteiger partial charge is 0.241 e. The molecule has 0 fully saturated rings. The third-order valence-electron chi connectivity index (χ3n) is 2.79. The van der Waals surface area contributed by atoms with E-state index in [1.54, 1.807) is 29.1 Å². The van der Waals surface area contributed by atoms with E-state index in [4.69, 9.17) is 0 Å². The molecule has 0 spiro atoms. The Morgan fingerprint density at radius 3 is 2.85 bits per heavy atom. The van der Waals surface area contributed by atoms with Gasteiger partial charge in [-0.25, -0.2) is 13.1 Å². The molecule has 2 rings (SSSR count). The second-order valence-corrected chi connectivity index (χ2v) is 7.04. The van der Waals surface area contributed by atoms with Gasteiger partial charge in [0, 0.05) is 30.0 Å². The zero-order valence-corrected chi connectivity index (χ0v) is 13.5. The molecule has 20 heavy (non-hydrogen) atoms. The van der Waals surface area contributed by atoms with E-state index in [0.29, 0.717) is 24.0 Å². The quantitative estimate of drug-likeness (QED) is 0.806. The predicted octanol–water partition coefficient (Wildman–Crippen LogP) is 2.32. The number of benzene rings is 1. The van der Waals surface area contributed by atoms with E-state index in [0.717, 1.165) is 5.56 Å². The van der Waals surface area contributed by atoms with Crippen LogP contribution in [0.3, 0.4) is 0 Å². The zero-order valence-electron chi connectivity index (χ0n) is 11.1. The predicted molar refractivity (Wildman–Crippen MR) is 80.9 cm³/mol. The van der Waals surface area contributed by atoms with Crippen LogP contribution in [-0.2, 0) is 16.6 Å². The van der Waals surface area contributed by atoms with Crippen molar-refractivity contribution in [2.75, 3.05) is 6.54 Å². The molecule has 5 nitrogen and oxygen atoms in total. The molecule has 0 aliphatic rings. The lowest BCUT2D eigenvalue weighted by Gasteiger charge is -2.09. The summed E-state index contributed by atoms with van der Waals surface area (Å²) in [7, 11) is -3.48. The third kappa shape index (κ3) is 3.91. The minimum atomic E-state index is -3.48. The van der Waals surface area contributed by atoms with Crippen molar-refractivity contribution >= 4 is 26.0 Å². The van der Waals surface area contributed by atoms with E-state index in [9.17, 15) is 8.42 Å². The molecule has 0 saturated carbocycles. The maximum atomic E-state index is 12.2. The summed E-state index contributed by atoms with van der Waals surface area (Å²) in [6.07, 6.45) is 4.24. The SMILES string of the molecule is Cc1ccc(S(=O)(=O)NCCCn2cccn2)c(Br)c1. The van der Waals surface area contributed by atoms with Crippen molar-refractivity contribution < 1.29 is 8.42 Å². The highest BCUT2D eigenvalue weighted by Gasteiger charge is 2.16. The van der Waals surface area contributed by atoms with Crippen LogP contribution in [0.1, 0.15) is 12.0 Å². The Morgan fingerprint density at radius 1 is 1.40 bits per heavy atom. The molecule has 0 aliphatic heterocycles. The zero-order chi connectivity index (χ0) is 14.6. The minimum Gasteiger partial charge on any atom is -0.273 e. The molecule has 7 heteroatoms. The highest BCUT2D eigenvalue weighted by molar-refractivity contribution is 9.10. The van der Waals surface area contributed by atoms with Crippen molar-refractivity contribution in [3.8, 4) is 0 Å². The van der Waals surface area contributed by atoms with E-state index in [-0.39, 0.29) is 4.90 Å². The number of halogens is 1. The fourth-order valence-corrected chi connectivity index (χ4v) is 4.05. The van der Waals surface area contributed by atoms with Crippen LogP contribution in [0.5, 0.6) is 0 Å². The van der Waals surface area contributed by atoms with Crippen molar-refractivity contribution in [1.29, 1.82) is 0 Å². The molecule has 2 aromatic rings. The molecular formula is C13H16BrN3O2S. The summed E-state index contributed by atoms with van der Waals surface area (Å²) in [6, 6.07) is 7.02. The van der Waals surface area contributed by atoms with Gasteiger partial charge >= 0.3 is 0 Å². The Balaban J connectivity index is 1.93. The van der Waals surface area contributed by atoms with Crippen LogP contribution in [0, 0.1) is 6.92 Å². The van der Waals surface area contributed by atoms with Crippen molar-refractivity contribution in [2.24, 2.45) is 0 Å². The summed E-state index contributed by atoms with van der Waals surface area (Å²) in [5.74, 6) is 0. The fourth-order valence-electron chi connectivity index (χ4n) is 1.78. The highest BCUT2D eigenvalue weighted by Crippen LogP contribution is 2.22. The number of aromatic nitrogens is 2. The lowest BCUT2D eigenvalue weighted by atomic mass is 10.2. The third-order valence-corrected chi connectivity index (χ3v) is 5.23. The van der Waals surface area contributed by atoms with Gasteiger partial charge in [0.15, 0.2) is 0 Å². The highest BCUT2D eigenvalue weighted by atomic mass is 79.9. The molecule has 0 atom stereocenters. The summed E-state index contributed by atoms with van der Waals surface area (Å²) in [4.78, 5) is 0.266. The number of nitrogens with one attached hydrogen (secondary N) is 1. The number of rotatable bonds is 6. The molecule has 0 amide bonds. The molecule has 0 bridgehead atoms. The topological polar surface area (TPSA) is 64.0 Å². The molecule has 1 aromatic carbocycles. The van der Waals surface area contributed by atoms with Crippen LogP contribution in [0.2, 0.25) is 0 Å². The Bertz CT molecular complexity index is 669. The van der Waals surface area contributed by atoms with Crippen LogP contribution in [0.4, 0.5) is 0 Å². The van der Waals surface area contributed by atoms with Crippen LogP contribution >= 0.6 is 15.9 Å². The summed E-state index contributed by atoms with van der Waals surface area (Å²) in [5.41, 5.74) is 1.01. The largest absolute Gasteiger partial charge is 0.273 e. The Hall–Kier alpha value is -1.18. The molecule has 108 valence electrons. The number of nitrogens with zero attached hydrogens (tertiary/aromatic N) is 2. The lowest BCUT2D eigenvalue weighted by molar-refractivity contribution is 0.552. The average molecular weight is 358 g/mol. The normalized spacial score (nSPS) is 11.7. The van der Waals surface area contributed by atoms with Crippen molar-refractivity contribution in [2.45, 2.75) is 24.8 Å². The lowest BCUT2D eigenvalue weighted by Crippen LogP contribution is -2.26. The summed E-state index contributed by atoms with van der Waals surface area (Å²) in [5, 5.41) is 4.06. The molecule has 1 N–H and O–H groups in total. The van der Waals surface area contributed by atoms with Gasteiger partial charge in [-0.15, -0.1) is 0 Å². The Morgan fingerprint density at radius 2 is 2.20 bits per heavy atom. The van der Waals surface area contributed by atoms with Crippen molar-refractivity contribution in [1.82, 2.24) is 14.5 Å². The van der Waals surface area contributed by atoms with Gasteiger partial charge < -0.3 is 0 Å². The number of sulfonamides is 1. The van der Waals surface area contributed by atoms with Crippen LogP contribution in [0.25, 0.3) is 0 Å². The maximum absolute atomic E-state index is 12.2. The van der Waals surface area contributed by atoms with Gasteiger partial charge in [-0.3, -0.25) is 4.68 Å². The minimum absolute atomic E-state index is 0.266. The van der Waals surface area contributed by atoms with Gasteiger partial charge in [0.1, 0.15) is 0 Å². The van der Waals surface area contributed by atoms with Crippen molar-refractivity contribution in [3.63, 3.8) is 0 Å².